The molecule has 1 amide bonds. The van der Waals surface area contributed by atoms with Gasteiger partial charge in [-0.2, -0.15) is 5.10 Å². The zero-order chi connectivity index (χ0) is 17.2. The third kappa shape index (κ3) is 3.34. The van der Waals surface area contributed by atoms with Gasteiger partial charge in [0, 0.05) is 62.3 Å². The van der Waals surface area contributed by atoms with Crippen molar-refractivity contribution in [1.29, 1.82) is 0 Å². The summed E-state index contributed by atoms with van der Waals surface area (Å²) < 4.78 is 4.29. The molecule has 25 heavy (non-hydrogen) atoms. The highest BCUT2D eigenvalue weighted by Gasteiger charge is 2.30. The Morgan fingerprint density at radius 3 is 2.68 bits per heavy atom. The molecule has 1 saturated heterocycles. The van der Waals surface area contributed by atoms with Gasteiger partial charge in [-0.1, -0.05) is 6.42 Å². The predicted octanol–water partition coefficient (Wildman–Crippen LogP) is 2.91. The van der Waals surface area contributed by atoms with Gasteiger partial charge in [-0.05, 0) is 38.7 Å². The average molecular weight is 341 g/mol. The second-order valence-electron chi connectivity index (χ2n) is 7.39. The summed E-state index contributed by atoms with van der Waals surface area (Å²) in [5.74, 6) is 2.19. The number of carbonyl (C=O) groups excluding carboxylic acids is 1. The molecule has 1 aliphatic carbocycles. The molecule has 0 atom stereocenters. The SMILES string of the molecule is Cc1cnc(C2CCC2)n1C1CCN(C(=O)CCn2cccn2)CC1. The number of imidazole rings is 1. The summed E-state index contributed by atoms with van der Waals surface area (Å²) in [4.78, 5) is 19.2. The lowest BCUT2D eigenvalue weighted by molar-refractivity contribution is -0.132. The van der Waals surface area contributed by atoms with E-state index in [0.29, 0.717) is 24.9 Å². The van der Waals surface area contributed by atoms with Gasteiger partial charge in [0.25, 0.3) is 0 Å². The maximum absolute atomic E-state index is 12.4. The van der Waals surface area contributed by atoms with Crippen LogP contribution < -0.4 is 0 Å². The van der Waals surface area contributed by atoms with E-state index in [1.165, 1.54) is 30.8 Å². The number of carbonyl (C=O) groups is 1. The Morgan fingerprint density at radius 2 is 2.04 bits per heavy atom. The second kappa shape index (κ2) is 7.02. The van der Waals surface area contributed by atoms with E-state index in [0.717, 1.165) is 25.9 Å². The third-order valence-corrected chi connectivity index (χ3v) is 5.78. The van der Waals surface area contributed by atoms with Gasteiger partial charge in [0.2, 0.25) is 5.91 Å². The van der Waals surface area contributed by atoms with Gasteiger partial charge in [-0.15, -0.1) is 0 Å². The molecule has 0 unspecified atom stereocenters. The Hall–Kier alpha value is -2.11. The van der Waals surface area contributed by atoms with E-state index in [4.69, 9.17) is 4.98 Å². The molecular weight excluding hydrogens is 314 g/mol. The van der Waals surface area contributed by atoms with Crippen LogP contribution in [0, 0.1) is 6.92 Å². The summed E-state index contributed by atoms with van der Waals surface area (Å²) >= 11 is 0. The zero-order valence-corrected chi connectivity index (χ0v) is 15.0. The Kier molecular flexibility index (Phi) is 4.59. The molecule has 0 spiro atoms. The Balaban J connectivity index is 1.34. The van der Waals surface area contributed by atoms with Crippen LogP contribution in [-0.2, 0) is 11.3 Å². The van der Waals surface area contributed by atoms with Crippen LogP contribution in [0.4, 0.5) is 0 Å². The van der Waals surface area contributed by atoms with Crippen molar-refractivity contribution in [3.05, 3.63) is 36.2 Å². The fraction of sp³-hybridized carbons (Fsp3) is 0.632. The van der Waals surface area contributed by atoms with Gasteiger partial charge in [-0.25, -0.2) is 4.98 Å². The molecule has 0 aromatic carbocycles. The minimum atomic E-state index is 0.246. The largest absolute Gasteiger partial charge is 0.342 e. The van der Waals surface area contributed by atoms with Crippen LogP contribution in [0.5, 0.6) is 0 Å². The van der Waals surface area contributed by atoms with E-state index in [2.05, 4.69) is 16.6 Å². The molecule has 4 rings (SSSR count). The lowest BCUT2D eigenvalue weighted by Crippen LogP contribution is -2.40. The van der Waals surface area contributed by atoms with Crippen molar-refractivity contribution in [2.75, 3.05) is 13.1 Å². The normalized spacial score (nSPS) is 19.2. The van der Waals surface area contributed by atoms with Crippen LogP contribution in [0.1, 0.15) is 62.0 Å². The molecule has 6 nitrogen and oxygen atoms in total. The Labute approximate surface area is 148 Å². The standard InChI is InChI=1S/C19H27N5O/c1-15-14-20-19(16-4-2-5-16)24(15)17-6-11-22(12-7-17)18(25)8-13-23-10-3-9-21-23/h3,9-10,14,16-17H,2,4-8,11-13H2,1H3. The number of hydrogen-bond acceptors (Lipinski definition) is 3. The fourth-order valence-electron chi connectivity index (χ4n) is 4.08. The zero-order valence-electron chi connectivity index (χ0n) is 15.0. The average Bonchev–Trinajstić information content (AvgIpc) is 3.22. The van der Waals surface area contributed by atoms with Gasteiger partial charge in [-0.3, -0.25) is 9.48 Å². The van der Waals surface area contributed by atoms with Crippen molar-refractivity contribution in [3.8, 4) is 0 Å². The summed E-state index contributed by atoms with van der Waals surface area (Å²) in [6.45, 7) is 4.53. The van der Waals surface area contributed by atoms with Crippen LogP contribution in [0.15, 0.2) is 24.7 Å². The second-order valence-corrected chi connectivity index (χ2v) is 7.39. The van der Waals surface area contributed by atoms with Crippen LogP contribution in [-0.4, -0.2) is 43.2 Å². The number of aryl methyl sites for hydroxylation is 2. The van der Waals surface area contributed by atoms with Crippen LogP contribution in [0.3, 0.4) is 0 Å². The summed E-state index contributed by atoms with van der Waals surface area (Å²) in [6.07, 6.45) is 12.2. The van der Waals surface area contributed by atoms with E-state index in [-0.39, 0.29) is 5.91 Å². The molecular formula is C19H27N5O. The van der Waals surface area contributed by atoms with Crippen molar-refractivity contribution >= 4 is 5.91 Å². The van der Waals surface area contributed by atoms with Gasteiger partial charge < -0.3 is 9.47 Å². The molecule has 0 N–H and O–H groups in total. The number of nitrogens with zero attached hydrogens (tertiary/aromatic N) is 5. The van der Waals surface area contributed by atoms with Gasteiger partial charge in [0.1, 0.15) is 5.82 Å². The predicted molar refractivity (Wildman–Crippen MR) is 95.3 cm³/mol. The quantitative estimate of drug-likeness (QED) is 0.840. The van der Waals surface area contributed by atoms with E-state index in [9.17, 15) is 4.79 Å². The Morgan fingerprint density at radius 1 is 1.24 bits per heavy atom. The highest BCUT2D eigenvalue weighted by atomic mass is 16.2. The summed E-state index contributed by atoms with van der Waals surface area (Å²) in [7, 11) is 0. The highest BCUT2D eigenvalue weighted by Crippen LogP contribution is 2.38. The monoisotopic (exact) mass is 341 g/mol. The van der Waals surface area contributed by atoms with Gasteiger partial charge in [0.05, 0.1) is 0 Å². The van der Waals surface area contributed by atoms with E-state index in [1.54, 1.807) is 6.20 Å². The molecule has 2 fully saturated rings. The van der Waals surface area contributed by atoms with Gasteiger partial charge >= 0.3 is 0 Å². The number of amides is 1. The molecule has 0 radical (unpaired) electrons. The van der Waals surface area contributed by atoms with Crippen LogP contribution in [0.2, 0.25) is 0 Å². The first kappa shape index (κ1) is 16.4. The first-order chi connectivity index (χ1) is 12.2. The molecule has 2 aromatic heterocycles. The lowest BCUT2D eigenvalue weighted by Gasteiger charge is -2.36. The van der Waals surface area contributed by atoms with E-state index >= 15 is 0 Å². The Bertz CT molecular complexity index is 708. The summed E-state index contributed by atoms with van der Waals surface area (Å²) in [5.41, 5.74) is 1.27. The first-order valence-corrected chi connectivity index (χ1v) is 9.51. The van der Waals surface area contributed by atoms with Crippen molar-refractivity contribution < 1.29 is 4.79 Å². The van der Waals surface area contributed by atoms with Crippen molar-refractivity contribution in [2.24, 2.45) is 0 Å². The number of hydrogen-bond donors (Lipinski definition) is 0. The molecule has 2 aromatic rings. The minimum absolute atomic E-state index is 0.246. The van der Waals surface area contributed by atoms with Crippen LogP contribution >= 0.6 is 0 Å². The maximum Gasteiger partial charge on any atom is 0.224 e. The molecule has 0 bridgehead atoms. The van der Waals surface area contributed by atoms with Gasteiger partial charge in [0.15, 0.2) is 0 Å². The van der Waals surface area contributed by atoms with Crippen molar-refractivity contribution in [2.45, 2.75) is 64.0 Å². The maximum atomic E-state index is 12.4. The highest BCUT2D eigenvalue weighted by molar-refractivity contribution is 5.76. The molecule has 2 aliphatic rings. The first-order valence-electron chi connectivity index (χ1n) is 9.51. The van der Waals surface area contributed by atoms with Crippen molar-refractivity contribution in [1.82, 2.24) is 24.2 Å². The third-order valence-electron chi connectivity index (χ3n) is 5.78. The molecule has 134 valence electrons. The smallest absolute Gasteiger partial charge is 0.224 e. The van der Waals surface area contributed by atoms with Crippen LogP contribution in [0.25, 0.3) is 0 Å². The summed E-state index contributed by atoms with van der Waals surface area (Å²) in [5, 5.41) is 4.16. The summed E-state index contributed by atoms with van der Waals surface area (Å²) in [6, 6.07) is 2.39. The molecule has 1 saturated carbocycles. The molecule has 3 heterocycles. The lowest BCUT2D eigenvalue weighted by atomic mass is 9.84. The topological polar surface area (TPSA) is 56.0 Å². The number of piperidine rings is 1. The minimum Gasteiger partial charge on any atom is -0.342 e. The van der Waals surface area contributed by atoms with E-state index < -0.39 is 0 Å². The number of aromatic nitrogens is 4. The van der Waals surface area contributed by atoms with Crippen molar-refractivity contribution in [3.63, 3.8) is 0 Å². The molecule has 1 aliphatic heterocycles. The number of likely N-dealkylation sites (tertiary alicyclic amines) is 1. The van der Waals surface area contributed by atoms with E-state index in [1.807, 2.05) is 28.0 Å². The number of rotatable bonds is 5. The molecule has 6 heteroatoms. The fourth-order valence-corrected chi connectivity index (χ4v) is 4.08.